The van der Waals surface area contributed by atoms with Gasteiger partial charge in [0.25, 0.3) is 5.91 Å². The molecule has 0 aliphatic carbocycles. The molecule has 0 bridgehead atoms. The lowest BCUT2D eigenvalue weighted by Crippen LogP contribution is -2.45. The minimum Gasteiger partial charge on any atom is -0.465 e. The number of rotatable bonds is 7. The van der Waals surface area contributed by atoms with E-state index in [1.165, 1.54) is 13.3 Å². The number of hydrogen-bond acceptors (Lipinski definition) is 7. The zero-order chi connectivity index (χ0) is 18.8. The summed E-state index contributed by atoms with van der Waals surface area (Å²) >= 11 is 0. The van der Waals surface area contributed by atoms with Crippen molar-refractivity contribution in [1.82, 2.24) is 15.5 Å². The zero-order valence-corrected chi connectivity index (χ0v) is 14.7. The van der Waals surface area contributed by atoms with Crippen molar-refractivity contribution in [3.05, 3.63) is 41.6 Å². The second kappa shape index (κ2) is 10.2. The number of nitrogens with zero attached hydrogens (tertiary/aromatic N) is 2. The molecule has 1 aliphatic rings. The Morgan fingerprint density at radius 2 is 2.08 bits per heavy atom. The van der Waals surface area contributed by atoms with Crippen LogP contribution in [-0.2, 0) is 9.53 Å². The van der Waals surface area contributed by atoms with Crippen LogP contribution in [0.25, 0.3) is 0 Å². The number of methoxy groups -OCH3 is 1. The minimum absolute atomic E-state index is 0.0648. The van der Waals surface area contributed by atoms with Gasteiger partial charge in [-0.15, -0.1) is 0 Å². The first-order chi connectivity index (χ1) is 12.7. The summed E-state index contributed by atoms with van der Waals surface area (Å²) in [7, 11) is 1.27. The number of hydrogen-bond donors (Lipinski definition) is 3. The van der Waals surface area contributed by atoms with Crippen LogP contribution < -0.4 is 16.0 Å². The van der Waals surface area contributed by atoms with Gasteiger partial charge in [0, 0.05) is 45.5 Å². The normalized spacial score (nSPS) is 15.0. The lowest BCUT2D eigenvalue weighted by molar-refractivity contribution is -0.112. The SMILES string of the molecule is COC(=O)c1ccccc1NC(=O)/C(C#N)=C\NCCN1CCNCC1. The van der Waals surface area contributed by atoms with Gasteiger partial charge in [-0.3, -0.25) is 9.69 Å². The van der Waals surface area contributed by atoms with E-state index in [0.717, 1.165) is 32.7 Å². The Bertz CT molecular complexity index is 705. The van der Waals surface area contributed by atoms with Crippen LogP contribution in [0.15, 0.2) is 36.0 Å². The number of benzene rings is 1. The van der Waals surface area contributed by atoms with Gasteiger partial charge >= 0.3 is 5.97 Å². The van der Waals surface area contributed by atoms with E-state index in [-0.39, 0.29) is 11.1 Å². The summed E-state index contributed by atoms with van der Waals surface area (Å²) < 4.78 is 4.69. The van der Waals surface area contributed by atoms with Crippen molar-refractivity contribution in [3.8, 4) is 6.07 Å². The van der Waals surface area contributed by atoms with E-state index in [1.54, 1.807) is 24.3 Å². The fraction of sp³-hybridized carbons (Fsp3) is 0.389. The van der Waals surface area contributed by atoms with E-state index in [2.05, 4.69) is 20.9 Å². The van der Waals surface area contributed by atoms with E-state index in [4.69, 9.17) is 4.74 Å². The monoisotopic (exact) mass is 357 g/mol. The van der Waals surface area contributed by atoms with E-state index in [9.17, 15) is 14.9 Å². The van der Waals surface area contributed by atoms with Crippen LogP contribution >= 0.6 is 0 Å². The Morgan fingerprint density at radius 1 is 1.35 bits per heavy atom. The molecule has 8 nitrogen and oxygen atoms in total. The van der Waals surface area contributed by atoms with Crippen LogP contribution in [0.4, 0.5) is 5.69 Å². The summed E-state index contributed by atoms with van der Waals surface area (Å²) in [6.45, 7) is 5.39. The molecule has 0 unspecified atom stereocenters. The van der Waals surface area contributed by atoms with Crippen LogP contribution in [0.1, 0.15) is 10.4 Å². The highest BCUT2D eigenvalue weighted by Gasteiger charge is 2.15. The second-order valence-corrected chi connectivity index (χ2v) is 5.71. The Hall–Kier alpha value is -2.89. The van der Waals surface area contributed by atoms with E-state index >= 15 is 0 Å². The maximum absolute atomic E-state index is 12.3. The molecule has 8 heteroatoms. The molecule has 0 saturated carbocycles. The van der Waals surface area contributed by atoms with Gasteiger partial charge in [0.2, 0.25) is 0 Å². The third-order valence-electron chi connectivity index (χ3n) is 3.97. The third-order valence-corrected chi connectivity index (χ3v) is 3.97. The fourth-order valence-electron chi connectivity index (χ4n) is 2.55. The van der Waals surface area contributed by atoms with Crippen LogP contribution in [0.3, 0.4) is 0 Å². The molecular formula is C18H23N5O3. The predicted molar refractivity (Wildman–Crippen MR) is 97.4 cm³/mol. The van der Waals surface area contributed by atoms with Crippen molar-refractivity contribution in [2.75, 3.05) is 51.7 Å². The number of carbonyl (C=O) groups excluding carboxylic acids is 2. The van der Waals surface area contributed by atoms with E-state index in [1.807, 2.05) is 6.07 Å². The molecule has 1 heterocycles. The van der Waals surface area contributed by atoms with Gasteiger partial charge in [0.15, 0.2) is 0 Å². The number of ether oxygens (including phenoxy) is 1. The lowest BCUT2D eigenvalue weighted by Gasteiger charge is -2.26. The van der Waals surface area contributed by atoms with Gasteiger partial charge in [-0.25, -0.2) is 4.79 Å². The molecular weight excluding hydrogens is 334 g/mol. The molecule has 1 aliphatic heterocycles. The van der Waals surface area contributed by atoms with Crippen LogP contribution in [-0.4, -0.2) is 63.2 Å². The summed E-state index contributed by atoms with van der Waals surface area (Å²) in [5.74, 6) is -1.14. The smallest absolute Gasteiger partial charge is 0.339 e. The predicted octanol–water partition coefficient (Wildman–Crippen LogP) is 0.314. The minimum atomic E-state index is -0.585. The second-order valence-electron chi connectivity index (χ2n) is 5.71. The Balaban J connectivity index is 1.92. The zero-order valence-electron chi connectivity index (χ0n) is 14.7. The van der Waals surface area contributed by atoms with Crippen molar-refractivity contribution >= 4 is 17.6 Å². The largest absolute Gasteiger partial charge is 0.465 e. The number of nitrogens with one attached hydrogen (secondary N) is 3. The van der Waals surface area contributed by atoms with Crippen molar-refractivity contribution in [2.45, 2.75) is 0 Å². The van der Waals surface area contributed by atoms with Gasteiger partial charge < -0.3 is 20.7 Å². The molecule has 1 aromatic carbocycles. The van der Waals surface area contributed by atoms with Crippen molar-refractivity contribution in [2.24, 2.45) is 0 Å². The molecule has 2 rings (SSSR count). The number of piperazine rings is 1. The van der Waals surface area contributed by atoms with E-state index < -0.39 is 11.9 Å². The molecule has 3 N–H and O–H groups in total. The average Bonchev–Trinajstić information content (AvgIpc) is 2.68. The van der Waals surface area contributed by atoms with E-state index in [0.29, 0.717) is 12.2 Å². The number of amides is 1. The number of carbonyl (C=O) groups is 2. The molecule has 1 amide bonds. The maximum atomic E-state index is 12.3. The topological polar surface area (TPSA) is 106 Å². The highest BCUT2D eigenvalue weighted by molar-refractivity contribution is 6.09. The lowest BCUT2D eigenvalue weighted by atomic mass is 10.1. The molecule has 138 valence electrons. The van der Waals surface area contributed by atoms with Crippen molar-refractivity contribution in [1.29, 1.82) is 5.26 Å². The Morgan fingerprint density at radius 3 is 2.77 bits per heavy atom. The highest BCUT2D eigenvalue weighted by atomic mass is 16.5. The molecule has 1 aromatic rings. The summed E-state index contributed by atoms with van der Waals surface area (Å²) in [4.78, 5) is 26.3. The van der Waals surface area contributed by atoms with Gasteiger partial charge in [0.05, 0.1) is 18.4 Å². The number of nitriles is 1. The molecule has 1 saturated heterocycles. The Kier molecular flexibility index (Phi) is 7.61. The van der Waals surface area contributed by atoms with Crippen LogP contribution in [0.2, 0.25) is 0 Å². The number of para-hydroxylation sites is 1. The van der Waals surface area contributed by atoms with Crippen molar-refractivity contribution in [3.63, 3.8) is 0 Å². The molecule has 0 spiro atoms. The number of esters is 1. The average molecular weight is 357 g/mol. The summed E-state index contributed by atoms with van der Waals surface area (Å²) in [6, 6.07) is 8.35. The molecule has 26 heavy (non-hydrogen) atoms. The summed E-state index contributed by atoms with van der Waals surface area (Å²) in [5.41, 5.74) is 0.462. The van der Waals surface area contributed by atoms with Gasteiger partial charge in [-0.2, -0.15) is 5.26 Å². The van der Waals surface area contributed by atoms with Crippen molar-refractivity contribution < 1.29 is 14.3 Å². The third kappa shape index (κ3) is 5.58. The summed E-state index contributed by atoms with van der Waals surface area (Å²) in [6.07, 6.45) is 1.40. The van der Waals surface area contributed by atoms with Gasteiger partial charge in [0.1, 0.15) is 11.6 Å². The molecule has 0 radical (unpaired) electrons. The quantitative estimate of drug-likeness (QED) is 0.279. The first-order valence-electron chi connectivity index (χ1n) is 8.41. The van der Waals surface area contributed by atoms with Crippen LogP contribution in [0.5, 0.6) is 0 Å². The maximum Gasteiger partial charge on any atom is 0.339 e. The molecule has 0 atom stereocenters. The first-order valence-corrected chi connectivity index (χ1v) is 8.41. The summed E-state index contributed by atoms with van der Waals surface area (Å²) in [5, 5.41) is 18.1. The van der Waals surface area contributed by atoms with Gasteiger partial charge in [-0.1, -0.05) is 12.1 Å². The first kappa shape index (κ1) is 19.4. The molecule has 0 aromatic heterocycles. The number of anilines is 1. The molecule has 1 fully saturated rings. The fourth-order valence-corrected chi connectivity index (χ4v) is 2.55. The van der Waals surface area contributed by atoms with Crippen LogP contribution in [0, 0.1) is 11.3 Å². The Labute approximate surface area is 152 Å². The highest BCUT2D eigenvalue weighted by Crippen LogP contribution is 2.16. The standard InChI is InChI=1S/C18H23N5O3/c1-26-18(25)15-4-2-3-5-16(15)22-17(24)14(12-19)13-21-8-11-23-9-6-20-7-10-23/h2-5,13,20-21H,6-11H2,1H3,(H,22,24)/b14-13-. The van der Waals surface area contributed by atoms with Gasteiger partial charge in [-0.05, 0) is 12.1 Å².